The molecule has 0 spiro atoms. The Balaban J connectivity index is 1.72. The van der Waals surface area contributed by atoms with Gasteiger partial charge in [0, 0.05) is 17.8 Å². The van der Waals surface area contributed by atoms with Crippen LogP contribution in [-0.4, -0.2) is 62.1 Å². The Bertz CT molecular complexity index is 758. The van der Waals surface area contributed by atoms with Gasteiger partial charge < -0.3 is 34.3 Å². The number of fused-ring (bicyclic) bond motifs is 1. The third-order valence-electron chi connectivity index (χ3n) is 4.81. The molecule has 2 saturated heterocycles. The number of hydrogen-bond donors (Lipinski definition) is 2. The minimum Gasteiger partial charge on any atom is -0.466 e. The summed E-state index contributed by atoms with van der Waals surface area (Å²) in [4.78, 5) is 24.7. The van der Waals surface area contributed by atoms with E-state index in [1.165, 1.54) is 7.11 Å². The van der Waals surface area contributed by atoms with Gasteiger partial charge in [0.1, 0.15) is 18.3 Å². The van der Waals surface area contributed by atoms with E-state index in [1.54, 1.807) is 45.0 Å². The van der Waals surface area contributed by atoms with Gasteiger partial charge >= 0.3 is 12.0 Å². The number of anilines is 1. The van der Waals surface area contributed by atoms with Crippen molar-refractivity contribution in [3.05, 3.63) is 29.3 Å². The van der Waals surface area contributed by atoms with Crippen LogP contribution >= 0.6 is 11.6 Å². The lowest BCUT2D eigenvalue weighted by atomic mass is 10.0. The number of benzene rings is 1. The van der Waals surface area contributed by atoms with Crippen LogP contribution in [0.3, 0.4) is 0 Å². The van der Waals surface area contributed by atoms with Crippen LogP contribution in [0.25, 0.3) is 0 Å². The molecule has 9 nitrogen and oxygen atoms in total. The summed E-state index contributed by atoms with van der Waals surface area (Å²) in [6, 6.07) is 5.41. The van der Waals surface area contributed by atoms with E-state index in [1.807, 2.05) is 0 Å². The minimum absolute atomic E-state index is 0.102. The number of esters is 1. The number of rotatable bonds is 7. The number of halogens is 1. The molecule has 2 aliphatic heterocycles. The minimum atomic E-state index is -0.812. The third-order valence-corrected chi connectivity index (χ3v) is 5.06. The summed E-state index contributed by atoms with van der Waals surface area (Å²) in [6.45, 7) is 5.51. The van der Waals surface area contributed by atoms with Crippen LogP contribution in [0.5, 0.6) is 0 Å². The topological polar surface area (TPSA) is 104 Å². The third kappa shape index (κ3) is 5.41. The molecule has 0 saturated carbocycles. The van der Waals surface area contributed by atoms with Gasteiger partial charge in [0.25, 0.3) is 0 Å². The molecule has 1 aromatic carbocycles. The molecule has 3 rings (SSSR count). The van der Waals surface area contributed by atoms with Gasteiger partial charge in [-0.3, -0.25) is 4.79 Å². The summed E-state index contributed by atoms with van der Waals surface area (Å²) in [5, 5.41) is 6.04. The molecule has 5 atom stereocenters. The van der Waals surface area contributed by atoms with Crippen molar-refractivity contribution in [2.24, 2.45) is 0 Å². The zero-order valence-electron chi connectivity index (χ0n) is 17.3. The SMILES string of the molecule is CCOC(=O)C[C@H](NC(=O)Nc1ccc(Cl)cc1)C1O[C@@H]2OC(C)(C)O[C@@H]2[C@H]1OC. The zero-order valence-corrected chi connectivity index (χ0v) is 18.1. The number of ether oxygens (including phenoxy) is 5. The average Bonchev–Trinajstić information content (AvgIpc) is 3.14. The fraction of sp³-hybridized carbons (Fsp3) is 0.600. The molecule has 10 heteroatoms. The Labute approximate surface area is 180 Å². The predicted octanol–water partition coefficient (Wildman–Crippen LogP) is 2.67. The smallest absolute Gasteiger partial charge is 0.319 e. The van der Waals surface area contributed by atoms with Crippen LogP contribution in [0.15, 0.2) is 24.3 Å². The van der Waals surface area contributed by atoms with Gasteiger partial charge in [0.2, 0.25) is 0 Å². The van der Waals surface area contributed by atoms with Gasteiger partial charge in [0.15, 0.2) is 12.1 Å². The second-order valence-electron chi connectivity index (χ2n) is 7.49. The van der Waals surface area contributed by atoms with Crippen molar-refractivity contribution in [2.45, 2.75) is 63.6 Å². The lowest BCUT2D eigenvalue weighted by Gasteiger charge is -2.30. The van der Waals surface area contributed by atoms with E-state index in [2.05, 4.69) is 10.6 Å². The lowest BCUT2D eigenvalue weighted by molar-refractivity contribution is -0.220. The van der Waals surface area contributed by atoms with Gasteiger partial charge in [-0.2, -0.15) is 0 Å². The van der Waals surface area contributed by atoms with E-state index in [9.17, 15) is 9.59 Å². The molecule has 30 heavy (non-hydrogen) atoms. The van der Waals surface area contributed by atoms with Gasteiger partial charge in [-0.05, 0) is 45.0 Å². The normalized spacial score (nSPS) is 27.9. The molecule has 0 radical (unpaired) electrons. The summed E-state index contributed by atoms with van der Waals surface area (Å²) in [5.74, 6) is -1.28. The highest BCUT2D eigenvalue weighted by atomic mass is 35.5. The van der Waals surface area contributed by atoms with Gasteiger partial charge in [0.05, 0.1) is 19.1 Å². The van der Waals surface area contributed by atoms with E-state index in [0.717, 1.165) is 0 Å². The highest BCUT2D eigenvalue weighted by Gasteiger charge is 2.57. The van der Waals surface area contributed by atoms with Gasteiger partial charge in [-0.15, -0.1) is 0 Å². The summed E-state index contributed by atoms with van der Waals surface area (Å²) in [7, 11) is 1.52. The molecule has 166 valence electrons. The van der Waals surface area contributed by atoms with E-state index in [4.69, 9.17) is 35.3 Å². The summed E-state index contributed by atoms with van der Waals surface area (Å²) in [5.41, 5.74) is 0.549. The number of carbonyl (C=O) groups excluding carboxylic acids is 2. The van der Waals surface area contributed by atoms with Crippen molar-refractivity contribution in [3.8, 4) is 0 Å². The van der Waals surface area contributed by atoms with E-state index in [0.29, 0.717) is 10.7 Å². The first kappa shape index (κ1) is 22.8. The highest BCUT2D eigenvalue weighted by molar-refractivity contribution is 6.30. The van der Waals surface area contributed by atoms with Crippen molar-refractivity contribution in [2.75, 3.05) is 19.0 Å². The lowest BCUT2D eigenvalue weighted by Crippen LogP contribution is -2.52. The summed E-state index contributed by atoms with van der Waals surface area (Å²) in [6.07, 6.45) is -2.48. The molecule has 0 aromatic heterocycles. The molecule has 2 fully saturated rings. The van der Waals surface area contributed by atoms with Gasteiger partial charge in [-0.1, -0.05) is 11.6 Å². The molecule has 0 aliphatic carbocycles. The maximum Gasteiger partial charge on any atom is 0.319 e. The van der Waals surface area contributed by atoms with Crippen molar-refractivity contribution >= 4 is 29.3 Å². The number of nitrogens with one attached hydrogen (secondary N) is 2. The Kier molecular flexibility index (Phi) is 7.20. The Morgan fingerprint density at radius 3 is 2.57 bits per heavy atom. The molecule has 0 bridgehead atoms. The molecule has 2 aliphatic rings. The quantitative estimate of drug-likeness (QED) is 0.625. The summed E-state index contributed by atoms with van der Waals surface area (Å²) < 4.78 is 28.3. The van der Waals surface area contributed by atoms with Crippen LogP contribution in [0.4, 0.5) is 10.5 Å². The van der Waals surface area contributed by atoms with Crippen LogP contribution in [-0.2, 0) is 28.5 Å². The largest absolute Gasteiger partial charge is 0.466 e. The Morgan fingerprint density at radius 1 is 1.23 bits per heavy atom. The number of amides is 2. The Hall–Kier alpha value is -1.91. The zero-order chi connectivity index (χ0) is 21.9. The fourth-order valence-electron chi connectivity index (χ4n) is 3.61. The maximum atomic E-state index is 12.6. The first-order chi connectivity index (χ1) is 14.2. The van der Waals surface area contributed by atoms with E-state index in [-0.39, 0.29) is 13.0 Å². The molecule has 2 amide bonds. The van der Waals surface area contributed by atoms with Gasteiger partial charge in [-0.25, -0.2) is 4.79 Å². The molecule has 2 N–H and O–H groups in total. The number of hydrogen-bond acceptors (Lipinski definition) is 7. The molecule has 1 aromatic rings. The number of urea groups is 1. The monoisotopic (exact) mass is 442 g/mol. The number of methoxy groups -OCH3 is 1. The molecular weight excluding hydrogens is 416 g/mol. The standard InChI is InChI=1S/C20H27ClN2O7/c1-5-27-14(24)10-13(23-19(25)22-12-8-6-11(21)7-9-12)15-16(26-4)17-18(28-15)30-20(2,3)29-17/h6-9,13,15-18H,5,10H2,1-4H3,(H2,22,23,25)/t13-,15?,16-,17+,18+/m0/s1. The van der Waals surface area contributed by atoms with Crippen molar-refractivity contribution in [1.29, 1.82) is 0 Å². The average molecular weight is 443 g/mol. The molecular formula is C20H27ClN2O7. The fourth-order valence-corrected chi connectivity index (χ4v) is 3.74. The number of carbonyl (C=O) groups is 2. The first-order valence-corrected chi connectivity index (χ1v) is 10.1. The highest BCUT2D eigenvalue weighted by Crippen LogP contribution is 2.39. The maximum absolute atomic E-state index is 12.6. The molecule has 1 unspecified atom stereocenters. The Morgan fingerprint density at radius 2 is 1.93 bits per heavy atom. The second kappa shape index (κ2) is 9.49. The van der Waals surface area contributed by atoms with Crippen LogP contribution in [0, 0.1) is 0 Å². The van der Waals surface area contributed by atoms with E-state index >= 15 is 0 Å². The second-order valence-corrected chi connectivity index (χ2v) is 7.93. The van der Waals surface area contributed by atoms with E-state index < -0.39 is 48.4 Å². The van der Waals surface area contributed by atoms with Crippen LogP contribution in [0.2, 0.25) is 5.02 Å². The predicted molar refractivity (Wildman–Crippen MR) is 108 cm³/mol. The molecule has 2 heterocycles. The summed E-state index contributed by atoms with van der Waals surface area (Å²) >= 11 is 5.87. The van der Waals surface area contributed by atoms with Crippen molar-refractivity contribution < 1.29 is 33.3 Å². The van der Waals surface area contributed by atoms with Crippen molar-refractivity contribution in [1.82, 2.24) is 5.32 Å². The van der Waals surface area contributed by atoms with Crippen LogP contribution in [0.1, 0.15) is 27.2 Å². The van der Waals surface area contributed by atoms with Crippen molar-refractivity contribution in [3.63, 3.8) is 0 Å². The van der Waals surface area contributed by atoms with Crippen LogP contribution < -0.4 is 10.6 Å². The first-order valence-electron chi connectivity index (χ1n) is 9.75.